The van der Waals surface area contributed by atoms with Gasteiger partial charge in [-0.2, -0.15) is 0 Å². The van der Waals surface area contributed by atoms with Crippen LogP contribution in [0, 0.1) is 13.8 Å². The van der Waals surface area contributed by atoms with Gasteiger partial charge < -0.3 is 9.80 Å². The summed E-state index contributed by atoms with van der Waals surface area (Å²) in [5.74, 6) is 0.0635. The van der Waals surface area contributed by atoms with Gasteiger partial charge in [0.15, 0.2) is 0 Å². The van der Waals surface area contributed by atoms with Crippen molar-refractivity contribution >= 4 is 28.6 Å². The van der Waals surface area contributed by atoms with Crippen molar-refractivity contribution in [1.29, 1.82) is 0 Å². The second-order valence-electron chi connectivity index (χ2n) is 7.29. The molecule has 1 aliphatic rings. The van der Waals surface area contributed by atoms with Gasteiger partial charge in [-0.1, -0.05) is 36.4 Å². The van der Waals surface area contributed by atoms with Crippen molar-refractivity contribution in [1.82, 2.24) is 9.88 Å². The fourth-order valence-corrected chi connectivity index (χ4v) is 3.77. The Morgan fingerprint density at radius 3 is 2.54 bits per heavy atom. The Bertz CT molecular complexity index is 1030. The maximum Gasteiger partial charge on any atom is 0.246 e. The quantitative estimate of drug-likeness (QED) is 0.647. The van der Waals surface area contributed by atoms with Gasteiger partial charge in [0.1, 0.15) is 0 Å². The highest BCUT2D eigenvalue weighted by molar-refractivity contribution is 5.95. The highest BCUT2D eigenvalue weighted by Crippen LogP contribution is 2.24. The van der Waals surface area contributed by atoms with Crippen LogP contribution in [-0.4, -0.2) is 42.0 Å². The van der Waals surface area contributed by atoms with Crippen molar-refractivity contribution in [2.24, 2.45) is 0 Å². The number of aryl methyl sites for hydroxylation is 1. The largest absolute Gasteiger partial charge is 0.368 e. The number of nitrogens with zero attached hydrogens (tertiary/aromatic N) is 3. The number of para-hydroxylation sites is 1. The summed E-state index contributed by atoms with van der Waals surface area (Å²) < 4.78 is 0. The van der Waals surface area contributed by atoms with E-state index in [0.717, 1.165) is 42.6 Å². The first kappa shape index (κ1) is 18.2. The Morgan fingerprint density at radius 1 is 0.964 bits per heavy atom. The highest BCUT2D eigenvalue weighted by Gasteiger charge is 2.21. The standard InChI is InChI=1S/C24H25N3O/c1-18-6-3-10-22(19(18)2)26-14-16-27(17-15-26)23(28)12-11-21-8-4-7-20-9-5-13-25-24(20)21/h3-13H,14-17H2,1-2H3/b12-11+. The molecule has 3 aromatic rings. The Kier molecular flexibility index (Phi) is 5.11. The maximum atomic E-state index is 12.7. The Morgan fingerprint density at radius 2 is 1.71 bits per heavy atom. The number of aromatic nitrogens is 1. The molecule has 4 rings (SSSR count). The predicted molar refractivity (Wildman–Crippen MR) is 115 cm³/mol. The number of fused-ring (bicyclic) bond motifs is 1. The topological polar surface area (TPSA) is 36.4 Å². The molecule has 0 unspecified atom stereocenters. The van der Waals surface area contributed by atoms with Gasteiger partial charge in [-0.3, -0.25) is 9.78 Å². The molecule has 0 radical (unpaired) electrons. The van der Waals surface area contributed by atoms with Gasteiger partial charge in [0.25, 0.3) is 0 Å². The van der Waals surface area contributed by atoms with Crippen molar-refractivity contribution in [2.75, 3.05) is 31.1 Å². The number of hydrogen-bond donors (Lipinski definition) is 0. The third-order valence-corrected chi connectivity index (χ3v) is 5.58. The molecule has 1 aromatic heterocycles. The van der Waals surface area contributed by atoms with E-state index in [4.69, 9.17) is 0 Å². The molecule has 1 aliphatic heterocycles. The van der Waals surface area contributed by atoms with Crippen molar-refractivity contribution in [2.45, 2.75) is 13.8 Å². The molecule has 4 heteroatoms. The number of carbonyl (C=O) groups excluding carboxylic acids is 1. The molecule has 4 nitrogen and oxygen atoms in total. The van der Waals surface area contributed by atoms with Gasteiger partial charge in [0.2, 0.25) is 5.91 Å². The number of hydrogen-bond acceptors (Lipinski definition) is 3. The van der Waals surface area contributed by atoms with E-state index in [-0.39, 0.29) is 5.91 Å². The second kappa shape index (κ2) is 7.85. The molecule has 0 aliphatic carbocycles. The smallest absolute Gasteiger partial charge is 0.246 e. The minimum Gasteiger partial charge on any atom is -0.368 e. The van der Waals surface area contributed by atoms with Gasteiger partial charge in [-0.25, -0.2) is 0 Å². The first-order valence-corrected chi connectivity index (χ1v) is 9.75. The zero-order valence-electron chi connectivity index (χ0n) is 16.4. The van der Waals surface area contributed by atoms with Crippen molar-refractivity contribution < 1.29 is 4.79 Å². The van der Waals surface area contributed by atoms with Crippen LogP contribution >= 0.6 is 0 Å². The summed E-state index contributed by atoms with van der Waals surface area (Å²) in [6.45, 7) is 7.52. The van der Waals surface area contributed by atoms with Gasteiger partial charge in [-0.05, 0) is 43.2 Å². The van der Waals surface area contributed by atoms with E-state index in [1.54, 1.807) is 12.3 Å². The number of pyridine rings is 1. The molecule has 2 heterocycles. The molecule has 0 atom stereocenters. The molecule has 0 saturated carbocycles. The number of amides is 1. The van der Waals surface area contributed by atoms with Crippen LogP contribution in [0.25, 0.3) is 17.0 Å². The molecule has 0 N–H and O–H groups in total. The van der Waals surface area contributed by atoms with Crippen LogP contribution in [0.1, 0.15) is 16.7 Å². The molecule has 1 saturated heterocycles. The molecule has 142 valence electrons. The van der Waals surface area contributed by atoms with E-state index in [1.807, 2.05) is 41.3 Å². The Labute approximate surface area is 166 Å². The molecular weight excluding hydrogens is 346 g/mol. The van der Waals surface area contributed by atoms with Crippen LogP contribution in [0.5, 0.6) is 0 Å². The lowest BCUT2D eigenvalue weighted by Crippen LogP contribution is -2.48. The minimum absolute atomic E-state index is 0.0635. The summed E-state index contributed by atoms with van der Waals surface area (Å²) in [6.07, 6.45) is 5.35. The maximum absolute atomic E-state index is 12.7. The first-order valence-electron chi connectivity index (χ1n) is 9.75. The van der Waals surface area contributed by atoms with Gasteiger partial charge in [0.05, 0.1) is 5.52 Å². The van der Waals surface area contributed by atoms with Crippen LogP contribution in [0.3, 0.4) is 0 Å². The third kappa shape index (κ3) is 3.63. The second-order valence-corrected chi connectivity index (χ2v) is 7.29. The van der Waals surface area contributed by atoms with E-state index in [1.165, 1.54) is 16.8 Å². The van der Waals surface area contributed by atoms with Crippen LogP contribution < -0.4 is 4.90 Å². The fourth-order valence-electron chi connectivity index (χ4n) is 3.77. The average molecular weight is 371 g/mol. The molecule has 1 amide bonds. The lowest BCUT2D eigenvalue weighted by Gasteiger charge is -2.36. The monoisotopic (exact) mass is 371 g/mol. The summed E-state index contributed by atoms with van der Waals surface area (Å²) in [6, 6.07) is 16.4. The van der Waals surface area contributed by atoms with Crippen LogP contribution in [0.2, 0.25) is 0 Å². The molecule has 0 bridgehead atoms. The van der Waals surface area contributed by atoms with Crippen LogP contribution in [0.15, 0.2) is 60.8 Å². The molecule has 1 fully saturated rings. The number of anilines is 1. The first-order chi connectivity index (χ1) is 13.6. The fraction of sp³-hybridized carbons (Fsp3) is 0.250. The van der Waals surface area contributed by atoms with Crippen molar-refractivity contribution in [3.63, 3.8) is 0 Å². The summed E-state index contributed by atoms with van der Waals surface area (Å²) in [5.41, 5.74) is 5.81. The highest BCUT2D eigenvalue weighted by atomic mass is 16.2. The Balaban J connectivity index is 1.43. The minimum atomic E-state index is 0.0635. The van der Waals surface area contributed by atoms with E-state index in [0.29, 0.717) is 0 Å². The van der Waals surface area contributed by atoms with E-state index < -0.39 is 0 Å². The number of carbonyl (C=O) groups is 1. The third-order valence-electron chi connectivity index (χ3n) is 5.58. The number of piperazine rings is 1. The predicted octanol–water partition coefficient (Wildman–Crippen LogP) is 4.21. The summed E-state index contributed by atoms with van der Waals surface area (Å²) >= 11 is 0. The van der Waals surface area contributed by atoms with Crippen molar-refractivity contribution in [3.8, 4) is 0 Å². The molecular formula is C24H25N3O. The van der Waals surface area contributed by atoms with Gasteiger partial charge in [0, 0.05) is 55.1 Å². The Hall–Kier alpha value is -3.14. The summed E-state index contributed by atoms with van der Waals surface area (Å²) in [4.78, 5) is 21.4. The van der Waals surface area contributed by atoms with Gasteiger partial charge >= 0.3 is 0 Å². The van der Waals surface area contributed by atoms with Crippen LogP contribution in [-0.2, 0) is 4.79 Å². The summed E-state index contributed by atoms with van der Waals surface area (Å²) in [7, 11) is 0. The normalized spacial score (nSPS) is 14.8. The molecule has 2 aromatic carbocycles. The van der Waals surface area contributed by atoms with E-state index >= 15 is 0 Å². The number of rotatable bonds is 3. The lowest BCUT2D eigenvalue weighted by atomic mass is 10.1. The van der Waals surface area contributed by atoms with Crippen molar-refractivity contribution in [3.05, 3.63) is 77.5 Å². The SMILES string of the molecule is Cc1cccc(N2CCN(C(=O)/C=C/c3cccc4cccnc34)CC2)c1C. The van der Waals surface area contributed by atoms with E-state index in [2.05, 4.69) is 41.9 Å². The zero-order chi connectivity index (χ0) is 19.5. The number of benzene rings is 2. The lowest BCUT2D eigenvalue weighted by molar-refractivity contribution is -0.126. The van der Waals surface area contributed by atoms with E-state index in [9.17, 15) is 4.79 Å². The average Bonchev–Trinajstić information content (AvgIpc) is 2.74. The molecule has 28 heavy (non-hydrogen) atoms. The van der Waals surface area contributed by atoms with Crippen LogP contribution in [0.4, 0.5) is 5.69 Å². The summed E-state index contributed by atoms with van der Waals surface area (Å²) in [5, 5.41) is 1.08. The zero-order valence-corrected chi connectivity index (χ0v) is 16.4. The molecule has 0 spiro atoms. The van der Waals surface area contributed by atoms with Gasteiger partial charge in [-0.15, -0.1) is 0 Å².